The molecule has 1 amide bonds. The van der Waals surface area contributed by atoms with Crippen LogP contribution in [0.1, 0.15) is 16.1 Å². The molecule has 0 fully saturated rings. The first-order valence-corrected chi connectivity index (χ1v) is 7.04. The number of benzene rings is 1. The Kier molecular flexibility index (Phi) is 3.56. The van der Waals surface area contributed by atoms with Crippen molar-refractivity contribution in [3.8, 4) is 11.3 Å². The highest BCUT2D eigenvalue weighted by molar-refractivity contribution is 8.18. The molecule has 2 aromatic rings. The van der Waals surface area contributed by atoms with Crippen LogP contribution < -0.4 is 10.8 Å². The zero-order chi connectivity index (χ0) is 15.7. The number of carbonyl (C=O) groups excluding carboxylic acids is 2. The Morgan fingerprint density at radius 2 is 2.14 bits per heavy atom. The Hall–Kier alpha value is -2.80. The van der Waals surface area contributed by atoms with Crippen molar-refractivity contribution in [2.24, 2.45) is 10.7 Å². The maximum atomic E-state index is 11.5. The highest BCUT2D eigenvalue weighted by atomic mass is 32.2. The van der Waals surface area contributed by atoms with Gasteiger partial charge in [0.05, 0.1) is 10.9 Å². The van der Waals surface area contributed by atoms with Crippen LogP contribution in [-0.4, -0.2) is 17.0 Å². The van der Waals surface area contributed by atoms with E-state index in [2.05, 4.69) is 4.99 Å². The average molecular weight is 313 g/mol. The van der Waals surface area contributed by atoms with Crippen molar-refractivity contribution in [1.82, 2.24) is 0 Å². The zero-order valence-corrected chi connectivity index (χ0v) is 11.9. The number of carbonyl (C=O) groups is 2. The second kappa shape index (κ2) is 5.53. The van der Waals surface area contributed by atoms with E-state index in [1.807, 2.05) is 0 Å². The summed E-state index contributed by atoms with van der Waals surface area (Å²) < 4.78 is 5.60. The van der Waals surface area contributed by atoms with Gasteiger partial charge in [-0.25, -0.2) is 0 Å². The van der Waals surface area contributed by atoms with Crippen molar-refractivity contribution in [3.05, 3.63) is 52.6 Å². The van der Waals surface area contributed by atoms with Crippen LogP contribution in [0.25, 0.3) is 17.4 Å². The summed E-state index contributed by atoms with van der Waals surface area (Å²) in [7, 11) is 0. The van der Waals surface area contributed by atoms with Gasteiger partial charge >= 0.3 is 0 Å². The molecule has 0 spiro atoms. The van der Waals surface area contributed by atoms with E-state index in [0.29, 0.717) is 22.0 Å². The molecular formula is C15H9N2O4S-. The van der Waals surface area contributed by atoms with E-state index in [9.17, 15) is 14.7 Å². The summed E-state index contributed by atoms with van der Waals surface area (Å²) in [6.45, 7) is 0. The van der Waals surface area contributed by atoms with Crippen LogP contribution in [0.5, 0.6) is 0 Å². The number of aliphatic imine (C=N–C) groups is 1. The number of thioether (sulfide) groups is 1. The zero-order valence-electron chi connectivity index (χ0n) is 11.1. The average Bonchev–Trinajstić information content (AvgIpc) is 3.06. The molecule has 1 aliphatic heterocycles. The van der Waals surface area contributed by atoms with Crippen molar-refractivity contribution >= 4 is 34.9 Å². The fraction of sp³-hybridized carbons (Fsp3) is 0. The summed E-state index contributed by atoms with van der Waals surface area (Å²) >= 11 is 1.07. The molecule has 110 valence electrons. The first-order chi connectivity index (χ1) is 10.5. The van der Waals surface area contributed by atoms with E-state index >= 15 is 0 Å². The van der Waals surface area contributed by atoms with Crippen molar-refractivity contribution in [2.45, 2.75) is 0 Å². The van der Waals surface area contributed by atoms with Gasteiger partial charge in [-0.3, -0.25) is 4.79 Å². The van der Waals surface area contributed by atoms with Crippen LogP contribution in [0.3, 0.4) is 0 Å². The molecule has 0 radical (unpaired) electrons. The molecule has 3 rings (SSSR count). The van der Waals surface area contributed by atoms with E-state index < -0.39 is 11.9 Å². The Morgan fingerprint density at radius 1 is 1.32 bits per heavy atom. The second-order valence-corrected chi connectivity index (χ2v) is 5.50. The van der Waals surface area contributed by atoms with Crippen LogP contribution in [-0.2, 0) is 4.79 Å². The Bertz CT molecular complexity index is 836. The van der Waals surface area contributed by atoms with Gasteiger partial charge in [0.15, 0.2) is 5.17 Å². The second-order valence-electron chi connectivity index (χ2n) is 4.44. The smallest absolute Gasteiger partial charge is 0.286 e. The minimum Gasteiger partial charge on any atom is -0.545 e. The molecule has 2 N–H and O–H groups in total. The topological polar surface area (TPSA) is 109 Å². The molecule has 0 saturated carbocycles. The van der Waals surface area contributed by atoms with Gasteiger partial charge in [0, 0.05) is 11.6 Å². The molecule has 0 bridgehead atoms. The van der Waals surface area contributed by atoms with Gasteiger partial charge in [-0.2, -0.15) is 4.99 Å². The maximum Gasteiger partial charge on any atom is 0.286 e. The van der Waals surface area contributed by atoms with Crippen LogP contribution >= 0.6 is 11.8 Å². The van der Waals surface area contributed by atoms with Gasteiger partial charge in [-0.15, -0.1) is 0 Å². The van der Waals surface area contributed by atoms with Gasteiger partial charge in [0.2, 0.25) is 0 Å². The third kappa shape index (κ3) is 2.79. The van der Waals surface area contributed by atoms with Gasteiger partial charge in [-0.05, 0) is 35.5 Å². The summed E-state index contributed by atoms with van der Waals surface area (Å²) in [6.07, 6.45) is 1.54. The van der Waals surface area contributed by atoms with Crippen molar-refractivity contribution in [1.29, 1.82) is 0 Å². The Balaban J connectivity index is 1.89. The lowest BCUT2D eigenvalue weighted by Crippen LogP contribution is -2.22. The third-order valence-corrected chi connectivity index (χ3v) is 3.73. The predicted molar refractivity (Wildman–Crippen MR) is 80.7 cm³/mol. The van der Waals surface area contributed by atoms with E-state index in [4.69, 9.17) is 10.2 Å². The molecule has 0 atom stereocenters. The molecule has 1 aromatic heterocycles. The number of carboxylic acid groups (broad SMARTS) is 1. The first kappa shape index (κ1) is 14.2. The highest BCUT2D eigenvalue weighted by Gasteiger charge is 2.20. The molecule has 22 heavy (non-hydrogen) atoms. The number of furan rings is 1. The quantitative estimate of drug-likeness (QED) is 0.854. The fourth-order valence-corrected chi connectivity index (χ4v) is 2.60. The van der Waals surface area contributed by atoms with Gasteiger partial charge in [-0.1, -0.05) is 18.2 Å². The lowest BCUT2D eigenvalue weighted by atomic mass is 10.1. The molecule has 0 unspecified atom stereocenters. The SMILES string of the molecule is NC1=NC(=O)C(=Cc2ccc(-c3cccc(C(=O)[O-])c3)o2)S1. The number of carboxylic acids is 1. The molecule has 0 saturated heterocycles. The molecule has 0 aliphatic carbocycles. The summed E-state index contributed by atoms with van der Waals surface area (Å²) in [5, 5.41) is 11.1. The maximum absolute atomic E-state index is 11.5. The van der Waals surface area contributed by atoms with Gasteiger partial charge in [0.1, 0.15) is 11.5 Å². The number of amides is 1. The number of amidine groups is 1. The van der Waals surface area contributed by atoms with E-state index in [-0.39, 0.29) is 10.7 Å². The minimum absolute atomic E-state index is 0.0662. The minimum atomic E-state index is -1.25. The summed E-state index contributed by atoms with van der Waals surface area (Å²) in [5.74, 6) is -0.718. The molecule has 2 heterocycles. The number of hydrogen-bond acceptors (Lipinski definition) is 6. The van der Waals surface area contributed by atoms with Crippen molar-refractivity contribution in [3.63, 3.8) is 0 Å². The van der Waals surface area contributed by atoms with Crippen LogP contribution in [0.4, 0.5) is 0 Å². The van der Waals surface area contributed by atoms with E-state index in [1.165, 1.54) is 12.1 Å². The highest BCUT2D eigenvalue weighted by Crippen LogP contribution is 2.29. The summed E-state index contributed by atoms with van der Waals surface area (Å²) in [5.41, 5.74) is 6.14. The Morgan fingerprint density at radius 3 is 2.82 bits per heavy atom. The number of aromatic carboxylic acids is 1. The normalized spacial score (nSPS) is 16.1. The molecule has 6 nitrogen and oxygen atoms in total. The van der Waals surface area contributed by atoms with Crippen molar-refractivity contribution in [2.75, 3.05) is 0 Å². The summed E-state index contributed by atoms with van der Waals surface area (Å²) in [6, 6.07) is 9.59. The number of nitrogens with zero attached hydrogens (tertiary/aromatic N) is 1. The predicted octanol–water partition coefficient (Wildman–Crippen LogP) is 1.24. The van der Waals surface area contributed by atoms with E-state index in [1.54, 1.807) is 30.3 Å². The number of hydrogen-bond donors (Lipinski definition) is 1. The van der Waals surface area contributed by atoms with Gasteiger partial charge < -0.3 is 20.1 Å². The molecular weight excluding hydrogens is 304 g/mol. The van der Waals surface area contributed by atoms with E-state index in [0.717, 1.165) is 11.8 Å². The van der Waals surface area contributed by atoms with Crippen LogP contribution in [0, 0.1) is 0 Å². The first-order valence-electron chi connectivity index (χ1n) is 6.22. The largest absolute Gasteiger partial charge is 0.545 e. The standard InChI is InChI=1S/C15H10N2O4S/c16-15-17-13(18)12(22-15)7-10-4-5-11(21-10)8-2-1-3-9(6-8)14(19)20/h1-7H,(H,19,20)(H2,16,17,18)/p-1. The molecule has 1 aromatic carbocycles. The molecule has 7 heteroatoms. The lowest BCUT2D eigenvalue weighted by Gasteiger charge is -2.03. The Labute approximate surface area is 129 Å². The molecule has 1 aliphatic rings. The third-order valence-electron chi connectivity index (χ3n) is 2.92. The van der Waals surface area contributed by atoms with Gasteiger partial charge in [0.25, 0.3) is 5.91 Å². The van der Waals surface area contributed by atoms with Crippen LogP contribution in [0.2, 0.25) is 0 Å². The lowest BCUT2D eigenvalue weighted by molar-refractivity contribution is -0.255. The van der Waals surface area contributed by atoms with Crippen molar-refractivity contribution < 1.29 is 19.1 Å². The van der Waals surface area contributed by atoms with Crippen LogP contribution in [0.15, 0.2) is 50.7 Å². The summed E-state index contributed by atoms with van der Waals surface area (Å²) in [4.78, 5) is 26.4. The number of nitrogens with two attached hydrogens (primary N) is 1. The monoisotopic (exact) mass is 313 g/mol. The fourth-order valence-electron chi connectivity index (χ4n) is 1.94. The number of rotatable bonds is 3.